The lowest BCUT2D eigenvalue weighted by Gasteiger charge is -2.31. The van der Waals surface area contributed by atoms with Crippen LogP contribution in [0.5, 0.6) is 0 Å². The van der Waals surface area contributed by atoms with Crippen LogP contribution in [0.1, 0.15) is 33.6 Å². The molecule has 2 saturated carbocycles. The number of carbonyl (C=O) groups is 1. The van der Waals surface area contributed by atoms with E-state index in [4.69, 9.17) is 10.5 Å². The molecule has 5 atom stereocenters. The van der Waals surface area contributed by atoms with Gasteiger partial charge in [0.15, 0.2) is 0 Å². The van der Waals surface area contributed by atoms with Crippen molar-refractivity contribution in [2.24, 2.45) is 23.5 Å². The molecule has 4 nitrogen and oxygen atoms in total. The van der Waals surface area contributed by atoms with E-state index in [1.54, 1.807) is 0 Å². The summed E-state index contributed by atoms with van der Waals surface area (Å²) in [7, 11) is 0. The van der Waals surface area contributed by atoms with Crippen molar-refractivity contribution in [2.75, 3.05) is 6.54 Å². The van der Waals surface area contributed by atoms with Gasteiger partial charge in [0, 0.05) is 12.6 Å². The number of hydrogen-bond acceptors (Lipinski definition) is 3. The standard InChI is InChI=1S/C13H22N2O2.ClH/c1-13(2,3)17-12(16)15-6-8-4-7-5-9(8)11(15)10(7)14;/h7-11H,4-6,14H2,1-3H3;1H. The summed E-state index contributed by atoms with van der Waals surface area (Å²) in [5, 5.41) is 0. The van der Waals surface area contributed by atoms with Gasteiger partial charge in [-0.1, -0.05) is 0 Å². The first-order valence-corrected chi connectivity index (χ1v) is 6.62. The van der Waals surface area contributed by atoms with Gasteiger partial charge in [-0.15, -0.1) is 12.4 Å². The molecule has 18 heavy (non-hydrogen) atoms. The lowest BCUT2D eigenvalue weighted by Crippen LogP contribution is -2.49. The molecule has 3 fully saturated rings. The first kappa shape index (κ1) is 13.9. The Balaban J connectivity index is 0.00000120. The highest BCUT2D eigenvalue weighted by molar-refractivity contribution is 5.85. The molecule has 0 aromatic carbocycles. The summed E-state index contributed by atoms with van der Waals surface area (Å²) in [4.78, 5) is 14.1. The predicted molar refractivity (Wildman–Crippen MR) is 71.7 cm³/mol. The molecule has 2 bridgehead atoms. The summed E-state index contributed by atoms with van der Waals surface area (Å²) in [6, 6.07) is 0.417. The molecule has 2 N–H and O–H groups in total. The zero-order valence-electron chi connectivity index (χ0n) is 11.3. The van der Waals surface area contributed by atoms with Crippen LogP contribution in [0.15, 0.2) is 0 Å². The molecule has 104 valence electrons. The van der Waals surface area contributed by atoms with Crippen LogP contribution in [0, 0.1) is 17.8 Å². The van der Waals surface area contributed by atoms with Crippen LogP contribution in [0.25, 0.3) is 0 Å². The Morgan fingerprint density at radius 2 is 1.94 bits per heavy atom. The number of amides is 1. The fraction of sp³-hybridized carbons (Fsp3) is 0.923. The highest BCUT2D eigenvalue weighted by Crippen LogP contribution is 2.54. The number of nitrogens with zero attached hydrogens (tertiary/aromatic N) is 1. The first-order chi connectivity index (χ1) is 7.87. The predicted octanol–water partition coefficient (Wildman–Crippen LogP) is 2.01. The highest BCUT2D eigenvalue weighted by Gasteiger charge is 2.59. The van der Waals surface area contributed by atoms with Gasteiger partial charge < -0.3 is 15.4 Å². The van der Waals surface area contributed by atoms with E-state index in [2.05, 4.69) is 0 Å². The SMILES string of the molecule is CC(C)(C)OC(=O)N1CC2CC3CC2C1C3N.Cl. The molecule has 0 aromatic heterocycles. The maximum atomic E-state index is 12.2. The van der Waals surface area contributed by atoms with Gasteiger partial charge in [-0.05, 0) is 51.4 Å². The van der Waals surface area contributed by atoms with Crippen LogP contribution in [0.4, 0.5) is 4.79 Å². The molecule has 5 unspecified atom stereocenters. The summed E-state index contributed by atoms with van der Waals surface area (Å²) in [6.45, 7) is 6.58. The molecule has 1 amide bonds. The Morgan fingerprint density at radius 1 is 1.28 bits per heavy atom. The Bertz CT molecular complexity index is 353. The van der Waals surface area contributed by atoms with E-state index in [1.165, 1.54) is 12.8 Å². The van der Waals surface area contributed by atoms with Crippen molar-refractivity contribution >= 4 is 18.5 Å². The summed E-state index contributed by atoms with van der Waals surface area (Å²) >= 11 is 0. The van der Waals surface area contributed by atoms with Crippen LogP contribution in [0.3, 0.4) is 0 Å². The van der Waals surface area contributed by atoms with E-state index >= 15 is 0 Å². The number of rotatable bonds is 0. The molecule has 0 spiro atoms. The van der Waals surface area contributed by atoms with E-state index in [1.807, 2.05) is 25.7 Å². The number of fused-ring (bicyclic) bond motifs is 1. The van der Waals surface area contributed by atoms with Crippen molar-refractivity contribution in [3.05, 3.63) is 0 Å². The molecule has 0 radical (unpaired) electrons. The number of carbonyl (C=O) groups excluding carboxylic acids is 1. The normalized spacial score (nSPS) is 40.9. The van der Waals surface area contributed by atoms with Gasteiger partial charge in [0.05, 0.1) is 6.04 Å². The zero-order valence-corrected chi connectivity index (χ0v) is 12.1. The van der Waals surface area contributed by atoms with Crippen molar-refractivity contribution in [1.29, 1.82) is 0 Å². The fourth-order valence-corrected chi connectivity index (χ4v) is 4.04. The van der Waals surface area contributed by atoms with Crippen molar-refractivity contribution < 1.29 is 9.53 Å². The topological polar surface area (TPSA) is 55.6 Å². The second-order valence-electron chi connectivity index (χ2n) is 6.86. The molecule has 1 aliphatic heterocycles. The molecule has 1 saturated heterocycles. The Morgan fingerprint density at radius 3 is 2.50 bits per heavy atom. The van der Waals surface area contributed by atoms with E-state index in [0.717, 1.165) is 6.54 Å². The molecule has 1 heterocycles. The summed E-state index contributed by atoms with van der Waals surface area (Å²) in [5.41, 5.74) is 5.83. The van der Waals surface area contributed by atoms with Gasteiger partial charge in [-0.2, -0.15) is 0 Å². The van der Waals surface area contributed by atoms with Gasteiger partial charge in [0.2, 0.25) is 0 Å². The lowest BCUT2D eigenvalue weighted by atomic mass is 9.87. The Kier molecular flexibility index (Phi) is 3.31. The van der Waals surface area contributed by atoms with Crippen LogP contribution < -0.4 is 5.73 Å². The minimum Gasteiger partial charge on any atom is -0.444 e. The average molecular weight is 275 g/mol. The maximum Gasteiger partial charge on any atom is 0.410 e. The molecule has 3 aliphatic rings. The largest absolute Gasteiger partial charge is 0.444 e. The minimum atomic E-state index is -0.416. The number of halogens is 1. The average Bonchev–Trinajstić information content (AvgIpc) is 2.73. The smallest absolute Gasteiger partial charge is 0.410 e. The third-order valence-electron chi connectivity index (χ3n) is 4.58. The van der Waals surface area contributed by atoms with Crippen LogP contribution in [-0.4, -0.2) is 35.2 Å². The number of ether oxygens (including phenoxy) is 1. The third kappa shape index (κ3) is 1.99. The van der Waals surface area contributed by atoms with Crippen molar-refractivity contribution in [3.8, 4) is 0 Å². The van der Waals surface area contributed by atoms with Crippen LogP contribution in [0.2, 0.25) is 0 Å². The monoisotopic (exact) mass is 274 g/mol. The van der Waals surface area contributed by atoms with Gasteiger partial charge in [-0.3, -0.25) is 0 Å². The molecule has 3 rings (SSSR count). The molecule has 0 aromatic rings. The second kappa shape index (κ2) is 4.27. The first-order valence-electron chi connectivity index (χ1n) is 6.62. The van der Waals surface area contributed by atoms with Gasteiger partial charge in [0.1, 0.15) is 5.60 Å². The molecular formula is C13H23ClN2O2. The quantitative estimate of drug-likeness (QED) is 0.735. The van der Waals surface area contributed by atoms with Crippen LogP contribution >= 0.6 is 12.4 Å². The fourth-order valence-electron chi connectivity index (χ4n) is 4.04. The van der Waals surface area contributed by atoms with E-state index in [-0.39, 0.29) is 30.6 Å². The van der Waals surface area contributed by atoms with Gasteiger partial charge in [-0.25, -0.2) is 4.79 Å². The van der Waals surface area contributed by atoms with E-state index in [0.29, 0.717) is 17.8 Å². The summed E-state index contributed by atoms with van der Waals surface area (Å²) in [6.07, 6.45) is 2.25. The lowest BCUT2D eigenvalue weighted by molar-refractivity contribution is 0.0204. The van der Waals surface area contributed by atoms with Gasteiger partial charge >= 0.3 is 6.09 Å². The molecule has 2 aliphatic carbocycles. The summed E-state index contributed by atoms with van der Waals surface area (Å²) < 4.78 is 5.48. The summed E-state index contributed by atoms with van der Waals surface area (Å²) in [5.74, 6) is 1.96. The molecule has 5 heteroatoms. The number of nitrogens with two attached hydrogens (primary N) is 1. The Hall–Kier alpha value is -0.480. The van der Waals surface area contributed by atoms with Crippen molar-refractivity contribution in [2.45, 2.75) is 51.3 Å². The Labute approximate surface area is 115 Å². The van der Waals surface area contributed by atoms with Crippen molar-refractivity contribution in [3.63, 3.8) is 0 Å². The second-order valence-corrected chi connectivity index (χ2v) is 6.86. The maximum absolute atomic E-state index is 12.2. The van der Waals surface area contributed by atoms with E-state index < -0.39 is 5.60 Å². The van der Waals surface area contributed by atoms with Crippen LogP contribution in [-0.2, 0) is 4.74 Å². The van der Waals surface area contributed by atoms with E-state index in [9.17, 15) is 4.79 Å². The third-order valence-corrected chi connectivity index (χ3v) is 4.58. The molecular weight excluding hydrogens is 252 g/mol. The van der Waals surface area contributed by atoms with Gasteiger partial charge in [0.25, 0.3) is 0 Å². The minimum absolute atomic E-state index is 0. The zero-order chi connectivity index (χ0) is 12.4. The number of hydrogen-bond donors (Lipinski definition) is 1. The highest BCUT2D eigenvalue weighted by atomic mass is 35.5. The van der Waals surface area contributed by atoms with Crippen molar-refractivity contribution in [1.82, 2.24) is 4.90 Å². The number of likely N-dealkylation sites (tertiary alicyclic amines) is 1.